The van der Waals surface area contributed by atoms with Gasteiger partial charge in [-0.3, -0.25) is 0 Å². The zero-order valence-corrected chi connectivity index (χ0v) is 9.11. The van der Waals surface area contributed by atoms with Gasteiger partial charge in [0.15, 0.2) is 5.65 Å². The highest BCUT2D eigenvalue weighted by molar-refractivity contribution is 5.76. The van der Waals surface area contributed by atoms with Gasteiger partial charge in [0.2, 0.25) is 0 Å². The largest absolute Gasteiger partial charge is 0.469 e. The molecule has 0 unspecified atom stereocenters. The van der Waals surface area contributed by atoms with Gasteiger partial charge in [-0.2, -0.15) is 0 Å². The Morgan fingerprint density at radius 2 is 2.19 bits per heavy atom. The number of pyridine rings is 1. The zero-order chi connectivity index (χ0) is 11.1. The summed E-state index contributed by atoms with van der Waals surface area (Å²) in [7, 11) is 0. The lowest BCUT2D eigenvalue weighted by Gasteiger charge is -1.90. The van der Waals surface area contributed by atoms with Crippen molar-refractivity contribution in [1.82, 2.24) is 15.0 Å². The van der Waals surface area contributed by atoms with E-state index in [1.807, 2.05) is 32.2 Å². The second-order valence-corrected chi connectivity index (χ2v) is 3.86. The predicted molar refractivity (Wildman–Crippen MR) is 61.1 cm³/mol. The van der Waals surface area contributed by atoms with Crippen LogP contribution in [0.25, 0.3) is 22.6 Å². The summed E-state index contributed by atoms with van der Waals surface area (Å²) in [6.45, 7) is 3.93. The summed E-state index contributed by atoms with van der Waals surface area (Å²) in [6.07, 6.45) is 3.48. The molecule has 0 aromatic carbocycles. The van der Waals surface area contributed by atoms with Crippen LogP contribution in [0, 0.1) is 13.8 Å². The van der Waals surface area contributed by atoms with Crippen LogP contribution in [0.2, 0.25) is 0 Å². The number of fused-ring (bicyclic) bond motifs is 1. The first kappa shape index (κ1) is 9.15. The molecule has 3 heterocycles. The molecule has 0 saturated carbocycles. The normalized spacial score (nSPS) is 11.1. The first-order valence-corrected chi connectivity index (χ1v) is 5.11. The number of rotatable bonds is 1. The van der Waals surface area contributed by atoms with Gasteiger partial charge in [-0.15, -0.1) is 0 Å². The summed E-state index contributed by atoms with van der Waals surface area (Å²) in [5, 5.41) is 0. The maximum Gasteiger partial charge on any atom is 0.178 e. The molecule has 4 heteroatoms. The van der Waals surface area contributed by atoms with E-state index in [9.17, 15) is 0 Å². The molecule has 3 rings (SSSR count). The summed E-state index contributed by atoms with van der Waals surface area (Å²) >= 11 is 0. The Kier molecular flexibility index (Phi) is 1.83. The van der Waals surface area contributed by atoms with Crippen LogP contribution in [0.1, 0.15) is 11.3 Å². The number of hydrogen-bond acceptors (Lipinski definition) is 3. The molecule has 80 valence electrons. The van der Waals surface area contributed by atoms with E-state index in [4.69, 9.17) is 4.42 Å². The molecule has 3 aromatic heterocycles. The molecule has 0 bridgehead atoms. The molecule has 0 aliphatic heterocycles. The molecule has 0 atom stereocenters. The number of furan rings is 1. The van der Waals surface area contributed by atoms with Gasteiger partial charge in [-0.25, -0.2) is 9.97 Å². The molecule has 16 heavy (non-hydrogen) atoms. The quantitative estimate of drug-likeness (QED) is 0.676. The molecule has 0 radical (unpaired) electrons. The number of imidazole rings is 1. The average Bonchev–Trinajstić information content (AvgIpc) is 2.82. The Morgan fingerprint density at radius 3 is 2.94 bits per heavy atom. The summed E-state index contributed by atoms with van der Waals surface area (Å²) in [5.74, 6) is 1.66. The van der Waals surface area contributed by atoms with Gasteiger partial charge in [-0.05, 0) is 31.5 Å². The molecule has 0 amide bonds. The Morgan fingerprint density at radius 1 is 1.31 bits per heavy atom. The second-order valence-electron chi connectivity index (χ2n) is 3.86. The molecule has 0 spiro atoms. The van der Waals surface area contributed by atoms with E-state index >= 15 is 0 Å². The standard InChI is InChI=1S/C12H11N3O/c1-7-5-10-12(13-6-7)15-11(14-10)9-3-4-16-8(9)2/h3-6H,1-2H3,(H,13,14,15). The van der Waals surface area contributed by atoms with Crippen molar-refractivity contribution in [3.63, 3.8) is 0 Å². The fraction of sp³-hybridized carbons (Fsp3) is 0.167. The minimum absolute atomic E-state index is 0.737. The minimum Gasteiger partial charge on any atom is -0.469 e. The van der Waals surface area contributed by atoms with E-state index in [0.29, 0.717) is 0 Å². The Bertz CT molecular complexity index is 651. The van der Waals surface area contributed by atoms with Crippen LogP contribution >= 0.6 is 0 Å². The van der Waals surface area contributed by atoms with E-state index in [2.05, 4.69) is 15.0 Å². The maximum absolute atomic E-state index is 5.26. The maximum atomic E-state index is 5.26. The molecule has 3 aromatic rings. The van der Waals surface area contributed by atoms with Crippen molar-refractivity contribution in [2.24, 2.45) is 0 Å². The molecule has 1 N–H and O–H groups in total. The average molecular weight is 213 g/mol. The SMILES string of the molecule is Cc1cnc2nc(-c3ccoc3C)[nH]c2c1. The van der Waals surface area contributed by atoms with Crippen molar-refractivity contribution in [2.75, 3.05) is 0 Å². The third-order valence-electron chi connectivity index (χ3n) is 2.59. The summed E-state index contributed by atoms with van der Waals surface area (Å²) in [5.41, 5.74) is 3.79. The Labute approximate surface area is 92.3 Å². The smallest absolute Gasteiger partial charge is 0.178 e. The van der Waals surface area contributed by atoms with Gasteiger partial charge in [0.1, 0.15) is 11.6 Å². The molecule has 0 aliphatic rings. The minimum atomic E-state index is 0.737. The predicted octanol–water partition coefficient (Wildman–Crippen LogP) is 2.83. The number of aromatic nitrogens is 3. The van der Waals surface area contributed by atoms with Crippen molar-refractivity contribution in [3.8, 4) is 11.4 Å². The van der Waals surface area contributed by atoms with Crippen LogP contribution in [0.5, 0.6) is 0 Å². The van der Waals surface area contributed by atoms with Gasteiger partial charge >= 0.3 is 0 Å². The van der Waals surface area contributed by atoms with Crippen molar-refractivity contribution >= 4 is 11.2 Å². The van der Waals surface area contributed by atoms with E-state index in [0.717, 1.165) is 33.9 Å². The van der Waals surface area contributed by atoms with Crippen LogP contribution in [0.4, 0.5) is 0 Å². The number of hydrogen-bond donors (Lipinski definition) is 1. The lowest BCUT2D eigenvalue weighted by molar-refractivity contribution is 0.535. The highest BCUT2D eigenvalue weighted by Gasteiger charge is 2.10. The van der Waals surface area contributed by atoms with E-state index in [1.165, 1.54) is 0 Å². The van der Waals surface area contributed by atoms with Crippen molar-refractivity contribution < 1.29 is 4.42 Å². The van der Waals surface area contributed by atoms with Gasteiger partial charge in [-0.1, -0.05) is 0 Å². The summed E-state index contributed by atoms with van der Waals surface area (Å²) < 4.78 is 5.26. The van der Waals surface area contributed by atoms with E-state index in [-0.39, 0.29) is 0 Å². The Balaban J connectivity index is 2.23. The molecule has 0 saturated heterocycles. The second kappa shape index (κ2) is 3.20. The van der Waals surface area contributed by atoms with Crippen molar-refractivity contribution in [1.29, 1.82) is 0 Å². The number of nitrogens with one attached hydrogen (secondary N) is 1. The summed E-state index contributed by atoms with van der Waals surface area (Å²) in [4.78, 5) is 11.9. The van der Waals surface area contributed by atoms with Crippen molar-refractivity contribution in [2.45, 2.75) is 13.8 Å². The van der Waals surface area contributed by atoms with Crippen LogP contribution in [-0.4, -0.2) is 15.0 Å². The van der Waals surface area contributed by atoms with Gasteiger partial charge in [0.05, 0.1) is 17.3 Å². The molecular weight excluding hydrogens is 202 g/mol. The number of nitrogens with zero attached hydrogens (tertiary/aromatic N) is 2. The van der Waals surface area contributed by atoms with Crippen LogP contribution in [0.15, 0.2) is 29.0 Å². The topological polar surface area (TPSA) is 54.7 Å². The monoisotopic (exact) mass is 213 g/mol. The summed E-state index contributed by atoms with van der Waals surface area (Å²) in [6, 6.07) is 3.94. The first-order chi connectivity index (χ1) is 7.74. The fourth-order valence-corrected chi connectivity index (χ4v) is 1.76. The molecule has 0 aliphatic carbocycles. The molecular formula is C12H11N3O. The third kappa shape index (κ3) is 1.31. The van der Waals surface area contributed by atoms with E-state index < -0.39 is 0 Å². The Hall–Kier alpha value is -2.10. The molecule has 0 fully saturated rings. The highest BCUT2D eigenvalue weighted by Crippen LogP contribution is 2.23. The van der Waals surface area contributed by atoms with Gasteiger partial charge in [0, 0.05) is 6.20 Å². The highest BCUT2D eigenvalue weighted by atomic mass is 16.3. The lowest BCUT2D eigenvalue weighted by atomic mass is 10.2. The number of aryl methyl sites for hydroxylation is 2. The third-order valence-corrected chi connectivity index (χ3v) is 2.59. The van der Waals surface area contributed by atoms with Crippen LogP contribution in [0.3, 0.4) is 0 Å². The first-order valence-electron chi connectivity index (χ1n) is 5.11. The van der Waals surface area contributed by atoms with Crippen LogP contribution in [-0.2, 0) is 0 Å². The lowest BCUT2D eigenvalue weighted by Crippen LogP contribution is -1.79. The number of aromatic amines is 1. The van der Waals surface area contributed by atoms with Gasteiger partial charge in [0.25, 0.3) is 0 Å². The zero-order valence-electron chi connectivity index (χ0n) is 9.11. The van der Waals surface area contributed by atoms with Crippen LogP contribution < -0.4 is 0 Å². The van der Waals surface area contributed by atoms with Gasteiger partial charge < -0.3 is 9.40 Å². The number of H-pyrrole nitrogens is 1. The fourth-order valence-electron chi connectivity index (χ4n) is 1.76. The molecule has 4 nitrogen and oxygen atoms in total. The van der Waals surface area contributed by atoms with E-state index in [1.54, 1.807) is 6.26 Å². The van der Waals surface area contributed by atoms with Crippen molar-refractivity contribution in [3.05, 3.63) is 35.9 Å².